The van der Waals surface area contributed by atoms with Gasteiger partial charge in [0.15, 0.2) is 0 Å². The van der Waals surface area contributed by atoms with E-state index in [0.29, 0.717) is 22.3 Å². The summed E-state index contributed by atoms with van der Waals surface area (Å²) < 4.78 is 5.09. The molecule has 0 amide bonds. The molecule has 0 aliphatic rings. The minimum Gasteiger partial charge on any atom is -0.495 e. The largest absolute Gasteiger partial charge is 0.495 e. The molecule has 18 heavy (non-hydrogen) atoms. The van der Waals surface area contributed by atoms with Crippen LogP contribution in [0, 0.1) is 0 Å². The van der Waals surface area contributed by atoms with Gasteiger partial charge in [-0.15, -0.1) is 0 Å². The Labute approximate surface area is 116 Å². The molecule has 0 saturated carbocycles. The van der Waals surface area contributed by atoms with Crippen molar-refractivity contribution in [3.63, 3.8) is 0 Å². The molecular weight excluding hydrogens is 271 g/mol. The van der Waals surface area contributed by atoms with Crippen LogP contribution in [0.2, 0.25) is 10.0 Å². The maximum absolute atomic E-state index is 6.04. The van der Waals surface area contributed by atoms with Crippen LogP contribution in [-0.2, 0) is 6.54 Å². The molecule has 0 radical (unpaired) electrons. The Morgan fingerprint density at radius 3 is 2.72 bits per heavy atom. The highest BCUT2D eigenvalue weighted by Gasteiger charge is 2.03. The Morgan fingerprint density at radius 1 is 1.22 bits per heavy atom. The van der Waals surface area contributed by atoms with Crippen LogP contribution in [0.15, 0.2) is 36.7 Å². The summed E-state index contributed by atoms with van der Waals surface area (Å²) in [6, 6.07) is 7.41. The zero-order valence-corrected chi connectivity index (χ0v) is 11.3. The van der Waals surface area contributed by atoms with E-state index in [4.69, 9.17) is 27.9 Å². The number of nitrogens with one attached hydrogen (secondary N) is 1. The predicted molar refractivity (Wildman–Crippen MR) is 74.6 cm³/mol. The first kappa shape index (κ1) is 13.0. The molecule has 0 bridgehead atoms. The molecule has 1 aromatic heterocycles. The highest BCUT2D eigenvalue weighted by atomic mass is 35.5. The summed E-state index contributed by atoms with van der Waals surface area (Å²) in [7, 11) is 1.59. The standard InChI is InChI=1S/C13H12Cl2N2O/c1-18-13-3-2-10(6-11(13)14)17-7-9-4-5-16-8-12(9)15/h2-6,8,17H,7H2,1H3. The van der Waals surface area contributed by atoms with Crippen molar-refractivity contribution in [1.29, 1.82) is 0 Å². The Morgan fingerprint density at radius 2 is 2.06 bits per heavy atom. The molecule has 0 fully saturated rings. The van der Waals surface area contributed by atoms with Gasteiger partial charge in [0.05, 0.1) is 17.2 Å². The van der Waals surface area contributed by atoms with Crippen LogP contribution < -0.4 is 10.1 Å². The number of rotatable bonds is 4. The van der Waals surface area contributed by atoms with Crippen LogP contribution >= 0.6 is 23.2 Å². The van der Waals surface area contributed by atoms with E-state index in [1.165, 1.54) is 0 Å². The van der Waals surface area contributed by atoms with Gasteiger partial charge in [-0.05, 0) is 29.8 Å². The van der Waals surface area contributed by atoms with Gasteiger partial charge in [-0.2, -0.15) is 0 Å². The first-order chi connectivity index (χ1) is 8.70. The minimum absolute atomic E-state index is 0.573. The number of hydrogen-bond acceptors (Lipinski definition) is 3. The lowest BCUT2D eigenvalue weighted by atomic mass is 10.2. The number of halogens is 2. The summed E-state index contributed by atoms with van der Waals surface area (Å²) in [5.74, 6) is 0.657. The first-order valence-electron chi connectivity index (χ1n) is 5.36. The quantitative estimate of drug-likeness (QED) is 0.920. The van der Waals surface area contributed by atoms with Crippen molar-refractivity contribution in [1.82, 2.24) is 4.98 Å². The molecule has 5 heteroatoms. The Kier molecular flexibility index (Phi) is 4.28. The molecule has 0 atom stereocenters. The fraction of sp³-hybridized carbons (Fsp3) is 0.154. The summed E-state index contributed by atoms with van der Waals surface area (Å²) >= 11 is 12.1. The van der Waals surface area contributed by atoms with Gasteiger partial charge in [-0.1, -0.05) is 23.2 Å². The normalized spacial score (nSPS) is 10.2. The smallest absolute Gasteiger partial charge is 0.137 e. The van der Waals surface area contributed by atoms with Crippen LogP contribution in [0.3, 0.4) is 0 Å². The minimum atomic E-state index is 0.573. The number of nitrogens with zero attached hydrogens (tertiary/aromatic N) is 1. The summed E-state index contributed by atoms with van der Waals surface area (Å²) in [6.45, 7) is 0.615. The number of anilines is 1. The Bertz CT molecular complexity index is 546. The maximum atomic E-state index is 6.04. The van der Waals surface area contributed by atoms with Gasteiger partial charge in [0, 0.05) is 24.6 Å². The third kappa shape index (κ3) is 3.06. The van der Waals surface area contributed by atoms with Crippen LogP contribution in [0.4, 0.5) is 5.69 Å². The second-order valence-electron chi connectivity index (χ2n) is 3.67. The molecule has 2 rings (SSSR count). The molecule has 94 valence electrons. The summed E-state index contributed by atoms with van der Waals surface area (Å²) in [4.78, 5) is 3.94. The van der Waals surface area contributed by atoms with E-state index in [0.717, 1.165) is 11.3 Å². The predicted octanol–water partition coefficient (Wildman–Crippen LogP) is 4.01. The van der Waals surface area contributed by atoms with Crippen molar-refractivity contribution >= 4 is 28.9 Å². The number of methoxy groups -OCH3 is 1. The zero-order valence-electron chi connectivity index (χ0n) is 9.78. The molecule has 1 N–H and O–H groups in total. The highest BCUT2D eigenvalue weighted by Crippen LogP contribution is 2.27. The third-order valence-electron chi connectivity index (χ3n) is 2.49. The van der Waals surface area contributed by atoms with Crippen LogP contribution in [0.1, 0.15) is 5.56 Å². The van der Waals surface area contributed by atoms with E-state index in [9.17, 15) is 0 Å². The lowest BCUT2D eigenvalue weighted by Crippen LogP contribution is -2.00. The number of ether oxygens (including phenoxy) is 1. The van der Waals surface area contributed by atoms with Gasteiger partial charge >= 0.3 is 0 Å². The Balaban J connectivity index is 2.07. The van der Waals surface area contributed by atoms with Gasteiger partial charge in [-0.25, -0.2) is 0 Å². The average molecular weight is 283 g/mol. The van der Waals surface area contributed by atoms with E-state index in [1.807, 2.05) is 24.3 Å². The summed E-state index contributed by atoms with van der Waals surface area (Å²) in [5, 5.41) is 4.46. The van der Waals surface area contributed by atoms with Gasteiger partial charge < -0.3 is 10.1 Å². The van der Waals surface area contributed by atoms with E-state index in [-0.39, 0.29) is 0 Å². The molecule has 0 spiro atoms. The lowest BCUT2D eigenvalue weighted by molar-refractivity contribution is 0.415. The van der Waals surface area contributed by atoms with Crippen molar-refractivity contribution in [3.8, 4) is 5.75 Å². The lowest BCUT2D eigenvalue weighted by Gasteiger charge is -2.09. The molecule has 1 heterocycles. The van der Waals surface area contributed by atoms with Crippen molar-refractivity contribution in [2.75, 3.05) is 12.4 Å². The number of hydrogen-bond donors (Lipinski definition) is 1. The van der Waals surface area contributed by atoms with Crippen LogP contribution in [-0.4, -0.2) is 12.1 Å². The topological polar surface area (TPSA) is 34.1 Å². The third-order valence-corrected chi connectivity index (χ3v) is 3.13. The van der Waals surface area contributed by atoms with Gasteiger partial charge in [0.2, 0.25) is 0 Å². The number of aromatic nitrogens is 1. The molecule has 0 aliphatic carbocycles. The fourth-order valence-electron chi connectivity index (χ4n) is 1.52. The molecule has 0 aliphatic heterocycles. The fourth-order valence-corrected chi connectivity index (χ4v) is 1.96. The molecule has 1 aromatic carbocycles. The van der Waals surface area contributed by atoms with Gasteiger partial charge in [0.25, 0.3) is 0 Å². The molecule has 3 nitrogen and oxygen atoms in total. The summed E-state index contributed by atoms with van der Waals surface area (Å²) in [6.07, 6.45) is 3.34. The van der Waals surface area contributed by atoms with Crippen molar-refractivity contribution in [2.45, 2.75) is 6.54 Å². The zero-order chi connectivity index (χ0) is 13.0. The average Bonchev–Trinajstić information content (AvgIpc) is 2.38. The second-order valence-corrected chi connectivity index (χ2v) is 4.48. The van der Waals surface area contributed by atoms with Gasteiger partial charge in [0.1, 0.15) is 5.75 Å². The summed E-state index contributed by atoms with van der Waals surface area (Å²) in [5.41, 5.74) is 1.90. The molecular formula is C13H12Cl2N2O. The Hall–Kier alpha value is -1.45. The highest BCUT2D eigenvalue weighted by molar-refractivity contribution is 6.32. The van der Waals surface area contributed by atoms with Crippen molar-refractivity contribution in [3.05, 3.63) is 52.3 Å². The van der Waals surface area contributed by atoms with E-state index < -0.39 is 0 Å². The molecule has 0 saturated heterocycles. The second kappa shape index (κ2) is 5.94. The monoisotopic (exact) mass is 282 g/mol. The molecule has 0 unspecified atom stereocenters. The first-order valence-corrected chi connectivity index (χ1v) is 6.12. The van der Waals surface area contributed by atoms with Crippen LogP contribution in [0.5, 0.6) is 5.75 Å². The van der Waals surface area contributed by atoms with Gasteiger partial charge in [-0.3, -0.25) is 4.98 Å². The molecule has 2 aromatic rings. The van der Waals surface area contributed by atoms with Crippen molar-refractivity contribution in [2.24, 2.45) is 0 Å². The SMILES string of the molecule is COc1ccc(NCc2ccncc2Cl)cc1Cl. The number of benzene rings is 1. The van der Waals surface area contributed by atoms with E-state index in [1.54, 1.807) is 19.5 Å². The van der Waals surface area contributed by atoms with Crippen molar-refractivity contribution < 1.29 is 4.74 Å². The van der Waals surface area contributed by atoms with E-state index >= 15 is 0 Å². The van der Waals surface area contributed by atoms with E-state index in [2.05, 4.69) is 10.3 Å². The number of pyridine rings is 1. The maximum Gasteiger partial charge on any atom is 0.137 e. The van der Waals surface area contributed by atoms with Crippen LogP contribution in [0.25, 0.3) is 0 Å².